The lowest BCUT2D eigenvalue weighted by molar-refractivity contribution is 0.00578. The minimum atomic E-state index is -0.413. The summed E-state index contributed by atoms with van der Waals surface area (Å²) in [6.07, 6.45) is 0. The molecule has 0 aromatic heterocycles. The molecule has 0 amide bonds. The molecule has 0 bridgehead atoms. The van der Waals surface area contributed by atoms with Gasteiger partial charge in [-0.05, 0) is 44.8 Å². The van der Waals surface area contributed by atoms with Gasteiger partial charge in [0.25, 0.3) is 0 Å². The van der Waals surface area contributed by atoms with Gasteiger partial charge < -0.3 is 15.0 Å². The third kappa shape index (κ3) is 2.42. The highest BCUT2D eigenvalue weighted by Gasteiger charge is 2.52. The summed E-state index contributed by atoms with van der Waals surface area (Å²) in [6, 6.07) is 16.0. The van der Waals surface area contributed by atoms with Crippen molar-refractivity contribution in [2.24, 2.45) is 0 Å². The highest BCUT2D eigenvalue weighted by Crippen LogP contribution is 2.37. The second kappa shape index (κ2) is 5.15. The summed E-state index contributed by atoms with van der Waals surface area (Å²) in [6.45, 7) is 8.23. The van der Waals surface area contributed by atoms with Crippen molar-refractivity contribution in [2.75, 3.05) is 5.73 Å². The Hall–Kier alpha value is -1.78. The van der Waals surface area contributed by atoms with E-state index in [9.17, 15) is 0 Å². The summed E-state index contributed by atoms with van der Waals surface area (Å²) >= 11 is 0. The van der Waals surface area contributed by atoms with Crippen molar-refractivity contribution in [1.82, 2.24) is 0 Å². The molecule has 0 aliphatic carbocycles. The molecule has 3 rings (SSSR count). The van der Waals surface area contributed by atoms with Crippen molar-refractivity contribution >= 4 is 18.3 Å². The molecule has 0 spiro atoms. The van der Waals surface area contributed by atoms with Gasteiger partial charge >= 0.3 is 7.12 Å². The SMILES string of the molecule is CC1(C)OB(c2cccc(N)c2-c2ccccc2)OC1(C)C. The molecule has 2 aromatic carbocycles. The van der Waals surface area contributed by atoms with E-state index in [0.29, 0.717) is 0 Å². The third-order valence-electron chi connectivity index (χ3n) is 4.70. The second-order valence-corrected chi connectivity index (χ2v) is 6.77. The van der Waals surface area contributed by atoms with Crippen LogP contribution >= 0.6 is 0 Å². The molecule has 0 radical (unpaired) electrons. The standard InChI is InChI=1S/C18H22BNO2/c1-17(2)18(3,4)22-19(21-17)14-11-8-12-15(20)16(14)13-9-6-5-7-10-13/h5-12H,20H2,1-4H3. The number of hydrogen-bond acceptors (Lipinski definition) is 3. The molecule has 2 N–H and O–H groups in total. The van der Waals surface area contributed by atoms with Crippen molar-refractivity contribution < 1.29 is 9.31 Å². The molecule has 114 valence electrons. The van der Waals surface area contributed by atoms with E-state index >= 15 is 0 Å². The largest absolute Gasteiger partial charge is 0.495 e. The van der Waals surface area contributed by atoms with Gasteiger partial charge in [0.05, 0.1) is 11.2 Å². The lowest BCUT2D eigenvalue weighted by Crippen LogP contribution is -2.41. The van der Waals surface area contributed by atoms with E-state index in [1.165, 1.54) is 0 Å². The minimum absolute atomic E-state index is 0.365. The van der Waals surface area contributed by atoms with Gasteiger partial charge in [-0.15, -0.1) is 0 Å². The van der Waals surface area contributed by atoms with Crippen molar-refractivity contribution in [1.29, 1.82) is 0 Å². The Kier molecular flexibility index (Phi) is 3.54. The average Bonchev–Trinajstić information content (AvgIpc) is 2.68. The van der Waals surface area contributed by atoms with Crippen LogP contribution in [0.2, 0.25) is 0 Å². The fourth-order valence-electron chi connectivity index (χ4n) is 2.69. The predicted molar refractivity (Wildman–Crippen MR) is 92.0 cm³/mol. The number of hydrogen-bond donors (Lipinski definition) is 1. The number of rotatable bonds is 2. The summed E-state index contributed by atoms with van der Waals surface area (Å²) < 4.78 is 12.4. The summed E-state index contributed by atoms with van der Waals surface area (Å²) in [7, 11) is -0.413. The maximum atomic E-state index is 6.25. The van der Waals surface area contributed by atoms with Crippen LogP contribution in [-0.4, -0.2) is 18.3 Å². The van der Waals surface area contributed by atoms with Crippen LogP contribution in [0.3, 0.4) is 0 Å². The van der Waals surface area contributed by atoms with Gasteiger partial charge in [-0.1, -0.05) is 42.5 Å². The minimum Gasteiger partial charge on any atom is -0.399 e. The molecule has 0 saturated carbocycles. The zero-order valence-corrected chi connectivity index (χ0v) is 13.6. The monoisotopic (exact) mass is 295 g/mol. The first-order valence-corrected chi connectivity index (χ1v) is 7.61. The molecular weight excluding hydrogens is 273 g/mol. The lowest BCUT2D eigenvalue weighted by atomic mass is 9.74. The Labute approximate surface area is 132 Å². The highest BCUT2D eigenvalue weighted by atomic mass is 16.7. The zero-order valence-electron chi connectivity index (χ0n) is 13.6. The van der Waals surface area contributed by atoms with Crippen LogP contribution < -0.4 is 11.2 Å². The summed E-state index contributed by atoms with van der Waals surface area (Å²) in [5.74, 6) is 0. The topological polar surface area (TPSA) is 44.5 Å². The number of nitrogens with two attached hydrogens (primary N) is 1. The maximum absolute atomic E-state index is 6.25. The van der Waals surface area contributed by atoms with E-state index in [2.05, 4.69) is 39.8 Å². The number of nitrogen functional groups attached to an aromatic ring is 1. The van der Waals surface area contributed by atoms with Crippen molar-refractivity contribution in [3.05, 3.63) is 48.5 Å². The van der Waals surface area contributed by atoms with Gasteiger partial charge in [-0.25, -0.2) is 0 Å². The first kappa shape index (κ1) is 15.1. The lowest BCUT2D eigenvalue weighted by Gasteiger charge is -2.32. The van der Waals surface area contributed by atoms with E-state index in [1.807, 2.05) is 36.4 Å². The maximum Gasteiger partial charge on any atom is 0.495 e. The van der Waals surface area contributed by atoms with Crippen LogP contribution in [0.25, 0.3) is 11.1 Å². The van der Waals surface area contributed by atoms with Gasteiger partial charge in [0.2, 0.25) is 0 Å². The van der Waals surface area contributed by atoms with Gasteiger partial charge in [0.15, 0.2) is 0 Å². The molecule has 0 atom stereocenters. The van der Waals surface area contributed by atoms with Crippen molar-refractivity contribution in [3.63, 3.8) is 0 Å². The van der Waals surface area contributed by atoms with E-state index in [0.717, 1.165) is 22.3 Å². The van der Waals surface area contributed by atoms with Gasteiger partial charge in [0.1, 0.15) is 0 Å². The Morgan fingerprint density at radius 2 is 1.41 bits per heavy atom. The molecule has 1 heterocycles. The Morgan fingerprint density at radius 3 is 2.00 bits per heavy atom. The molecular formula is C18H22BNO2. The van der Waals surface area contributed by atoms with Gasteiger partial charge in [-0.2, -0.15) is 0 Å². The third-order valence-corrected chi connectivity index (χ3v) is 4.70. The fourth-order valence-corrected chi connectivity index (χ4v) is 2.69. The van der Waals surface area contributed by atoms with Crippen LogP contribution in [0.1, 0.15) is 27.7 Å². The molecule has 1 fully saturated rings. The van der Waals surface area contributed by atoms with Crippen LogP contribution in [0.5, 0.6) is 0 Å². The predicted octanol–water partition coefficient (Wildman–Crippen LogP) is 3.24. The fraction of sp³-hybridized carbons (Fsp3) is 0.333. The zero-order chi connectivity index (χ0) is 16.0. The van der Waals surface area contributed by atoms with Crippen LogP contribution in [0, 0.1) is 0 Å². The smallest absolute Gasteiger partial charge is 0.399 e. The number of anilines is 1. The molecule has 1 aliphatic heterocycles. The van der Waals surface area contributed by atoms with E-state index in [4.69, 9.17) is 15.0 Å². The molecule has 0 unspecified atom stereocenters. The summed E-state index contributed by atoms with van der Waals surface area (Å²) in [4.78, 5) is 0. The van der Waals surface area contributed by atoms with Crippen molar-refractivity contribution in [2.45, 2.75) is 38.9 Å². The quantitative estimate of drug-likeness (QED) is 0.683. The summed E-state index contributed by atoms with van der Waals surface area (Å²) in [5, 5.41) is 0. The first-order valence-electron chi connectivity index (χ1n) is 7.61. The normalized spacial score (nSPS) is 19.4. The average molecular weight is 295 g/mol. The second-order valence-electron chi connectivity index (χ2n) is 6.77. The van der Waals surface area contributed by atoms with Gasteiger partial charge in [-0.3, -0.25) is 0 Å². The van der Waals surface area contributed by atoms with E-state index in [1.54, 1.807) is 0 Å². The van der Waals surface area contributed by atoms with E-state index < -0.39 is 7.12 Å². The molecule has 3 nitrogen and oxygen atoms in total. The van der Waals surface area contributed by atoms with Gasteiger partial charge in [0, 0.05) is 11.3 Å². The Bertz CT molecular complexity index is 667. The molecule has 2 aromatic rings. The molecule has 1 saturated heterocycles. The van der Waals surface area contributed by atoms with E-state index in [-0.39, 0.29) is 11.2 Å². The van der Waals surface area contributed by atoms with Crippen LogP contribution in [0.15, 0.2) is 48.5 Å². The van der Waals surface area contributed by atoms with Crippen LogP contribution in [0.4, 0.5) is 5.69 Å². The Balaban J connectivity index is 2.09. The highest BCUT2D eigenvalue weighted by molar-refractivity contribution is 6.64. The molecule has 22 heavy (non-hydrogen) atoms. The summed E-state index contributed by atoms with van der Waals surface area (Å²) in [5.41, 5.74) is 9.29. The van der Waals surface area contributed by atoms with Crippen molar-refractivity contribution in [3.8, 4) is 11.1 Å². The molecule has 1 aliphatic rings. The van der Waals surface area contributed by atoms with Crippen LogP contribution in [-0.2, 0) is 9.31 Å². The first-order chi connectivity index (χ1) is 10.3. The Morgan fingerprint density at radius 1 is 0.818 bits per heavy atom. The number of benzene rings is 2. The molecule has 4 heteroatoms.